The number of nitrogens with two attached hydrogens (primary N) is 1. The molecule has 2 heterocycles. The molecule has 19 heavy (non-hydrogen) atoms. The van der Waals surface area contributed by atoms with Gasteiger partial charge in [-0.05, 0) is 5.56 Å². The number of imidazole rings is 1. The molecule has 0 aliphatic carbocycles. The zero-order chi connectivity index (χ0) is 12.5. The summed E-state index contributed by atoms with van der Waals surface area (Å²) in [5, 5.41) is 0. The Hall–Kier alpha value is -1.34. The number of nitrogens with zero attached hydrogens (tertiary/aromatic N) is 3. The van der Waals surface area contributed by atoms with E-state index >= 15 is 0 Å². The van der Waals surface area contributed by atoms with Crippen LogP contribution in [0.1, 0.15) is 5.56 Å². The van der Waals surface area contributed by atoms with E-state index in [9.17, 15) is 4.79 Å². The van der Waals surface area contributed by atoms with E-state index in [0.29, 0.717) is 17.7 Å². The van der Waals surface area contributed by atoms with Crippen LogP contribution in [-0.2, 0) is 6.54 Å². The maximum Gasteiger partial charge on any atom is 0.280 e. The van der Waals surface area contributed by atoms with Gasteiger partial charge >= 0.3 is 0 Å². The molecule has 99 valence electrons. The van der Waals surface area contributed by atoms with Crippen molar-refractivity contribution in [1.29, 1.82) is 0 Å². The molecule has 0 aliphatic heterocycles. The molecule has 0 bridgehead atoms. The SMILES string of the molecule is Nc1nc2c(ncn2Cc2ccccc2)c(=O)[nH]1.[Tb]. The molecule has 3 N–H and O–H groups in total. The molecule has 0 atom stereocenters. The van der Waals surface area contributed by atoms with Crippen LogP contribution in [-0.4, -0.2) is 19.5 Å². The first-order valence-corrected chi connectivity index (χ1v) is 5.48. The fraction of sp³-hybridized carbons (Fsp3) is 0.0833. The Morgan fingerprint density at radius 2 is 2.00 bits per heavy atom. The number of hydrogen-bond acceptors (Lipinski definition) is 4. The minimum atomic E-state index is -0.315. The summed E-state index contributed by atoms with van der Waals surface area (Å²) in [7, 11) is 0. The number of hydrogen-bond donors (Lipinski definition) is 2. The molecule has 7 heteroatoms. The molecule has 0 saturated carbocycles. The summed E-state index contributed by atoms with van der Waals surface area (Å²) in [5.74, 6) is 0.0994. The quantitative estimate of drug-likeness (QED) is 0.665. The van der Waals surface area contributed by atoms with E-state index in [-0.39, 0.29) is 50.1 Å². The minimum Gasteiger partial charge on any atom is -0.369 e. The second-order valence-electron chi connectivity index (χ2n) is 3.98. The number of anilines is 1. The maximum absolute atomic E-state index is 11.6. The molecule has 1 radical (unpaired) electrons. The minimum absolute atomic E-state index is 0. The Kier molecular flexibility index (Phi) is 4.26. The van der Waals surface area contributed by atoms with Crippen molar-refractivity contribution in [3.8, 4) is 0 Å². The number of H-pyrrole nitrogens is 1. The average molecular weight is 400 g/mol. The van der Waals surface area contributed by atoms with Gasteiger partial charge in [-0.1, -0.05) is 30.3 Å². The molecular formula is C12H11N5OTb. The Balaban J connectivity index is 0.00000133. The summed E-state index contributed by atoms with van der Waals surface area (Å²) in [5.41, 5.74) is 7.14. The fourth-order valence-electron chi connectivity index (χ4n) is 1.87. The molecule has 6 nitrogen and oxygen atoms in total. The van der Waals surface area contributed by atoms with Gasteiger partial charge in [0.15, 0.2) is 11.2 Å². The van der Waals surface area contributed by atoms with E-state index in [1.54, 1.807) is 10.9 Å². The Labute approximate surface area is 139 Å². The summed E-state index contributed by atoms with van der Waals surface area (Å²) >= 11 is 0. The third-order valence-electron chi connectivity index (χ3n) is 2.69. The number of aromatic amines is 1. The molecule has 3 rings (SSSR count). The summed E-state index contributed by atoms with van der Waals surface area (Å²) in [6.07, 6.45) is 1.60. The molecular weight excluding hydrogens is 389 g/mol. The van der Waals surface area contributed by atoms with Gasteiger partial charge in [0, 0.05) is 38.6 Å². The first kappa shape index (κ1) is 14.1. The standard InChI is InChI=1S/C12H11N5O.Tb/c13-12-15-10-9(11(18)16-12)14-7-17(10)6-8-4-2-1-3-5-8;/h1-5,7H,6H2,(H3,13,15,16,18);. The number of nitrogen functional groups attached to an aromatic ring is 1. The summed E-state index contributed by atoms with van der Waals surface area (Å²) in [6, 6.07) is 9.88. The number of fused-ring (bicyclic) bond motifs is 1. The molecule has 0 amide bonds. The van der Waals surface area contributed by atoms with E-state index < -0.39 is 0 Å². The third kappa shape index (κ3) is 2.81. The largest absolute Gasteiger partial charge is 0.369 e. The first-order valence-electron chi connectivity index (χ1n) is 5.48. The summed E-state index contributed by atoms with van der Waals surface area (Å²) in [6.45, 7) is 0.604. The second kappa shape index (κ2) is 5.75. The van der Waals surface area contributed by atoms with Crippen molar-refractivity contribution in [2.75, 3.05) is 5.73 Å². The van der Waals surface area contributed by atoms with Gasteiger partial charge in [-0.3, -0.25) is 9.78 Å². The molecule has 1 aromatic carbocycles. The van der Waals surface area contributed by atoms with Crippen LogP contribution in [0.25, 0.3) is 11.2 Å². The van der Waals surface area contributed by atoms with Crippen molar-refractivity contribution < 1.29 is 38.6 Å². The van der Waals surface area contributed by atoms with Crippen molar-refractivity contribution in [1.82, 2.24) is 19.5 Å². The van der Waals surface area contributed by atoms with Crippen molar-refractivity contribution in [3.05, 3.63) is 52.6 Å². The van der Waals surface area contributed by atoms with Crippen molar-refractivity contribution in [3.63, 3.8) is 0 Å². The average Bonchev–Trinajstić information content (AvgIpc) is 2.74. The molecule has 0 unspecified atom stereocenters. The van der Waals surface area contributed by atoms with E-state index in [0.717, 1.165) is 5.56 Å². The number of nitrogens with one attached hydrogen (secondary N) is 1. The smallest absolute Gasteiger partial charge is 0.280 e. The topological polar surface area (TPSA) is 89.6 Å². The molecule has 2 aromatic heterocycles. The van der Waals surface area contributed by atoms with Gasteiger partial charge < -0.3 is 10.3 Å². The van der Waals surface area contributed by atoms with Gasteiger partial charge in [0.05, 0.1) is 12.9 Å². The predicted molar refractivity (Wildman–Crippen MR) is 68.1 cm³/mol. The molecule has 0 aliphatic rings. The van der Waals surface area contributed by atoms with Gasteiger partial charge in [-0.15, -0.1) is 0 Å². The van der Waals surface area contributed by atoms with E-state index in [2.05, 4.69) is 15.0 Å². The number of rotatable bonds is 2. The van der Waals surface area contributed by atoms with Gasteiger partial charge in [0.1, 0.15) is 0 Å². The van der Waals surface area contributed by atoms with Crippen LogP contribution in [0.2, 0.25) is 0 Å². The zero-order valence-electron chi connectivity index (χ0n) is 9.83. The van der Waals surface area contributed by atoms with Crippen molar-refractivity contribution in [2.24, 2.45) is 0 Å². The van der Waals surface area contributed by atoms with E-state index in [1.807, 2.05) is 30.3 Å². The van der Waals surface area contributed by atoms with Gasteiger partial charge in [0.25, 0.3) is 5.56 Å². The van der Waals surface area contributed by atoms with E-state index in [1.165, 1.54) is 0 Å². The summed E-state index contributed by atoms with van der Waals surface area (Å²) < 4.78 is 1.80. The fourth-order valence-corrected chi connectivity index (χ4v) is 1.87. The Morgan fingerprint density at radius 1 is 1.26 bits per heavy atom. The number of benzene rings is 1. The summed E-state index contributed by atoms with van der Waals surface area (Å²) in [4.78, 5) is 22.2. The molecule has 0 spiro atoms. The van der Waals surface area contributed by atoms with Crippen LogP contribution in [0, 0.1) is 38.6 Å². The van der Waals surface area contributed by atoms with Crippen LogP contribution in [0.5, 0.6) is 0 Å². The van der Waals surface area contributed by atoms with Crippen molar-refractivity contribution >= 4 is 17.1 Å². The van der Waals surface area contributed by atoms with Crippen LogP contribution < -0.4 is 11.3 Å². The molecule has 3 aromatic rings. The Bertz CT molecular complexity index is 750. The maximum atomic E-state index is 11.6. The normalized spacial score (nSPS) is 10.3. The monoisotopic (exact) mass is 400 g/mol. The number of aromatic nitrogens is 4. The molecule has 0 fully saturated rings. The third-order valence-corrected chi connectivity index (χ3v) is 2.69. The second-order valence-corrected chi connectivity index (χ2v) is 3.98. The van der Waals surface area contributed by atoms with Crippen LogP contribution >= 0.6 is 0 Å². The van der Waals surface area contributed by atoms with Crippen LogP contribution in [0.4, 0.5) is 5.95 Å². The first-order chi connectivity index (χ1) is 8.74. The van der Waals surface area contributed by atoms with Gasteiger partial charge in [-0.2, -0.15) is 4.98 Å². The Morgan fingerprint density at radius 3 is 2.74 bits per heavy atom. The van der Waals surface area contributed by atoms with Crippen molar-refractivity contribution in [2.45, 2.75) is 6.54 Å². The molecule has 0 saturated heterocycles. The van der Waals surface area contributed by atoms with Crippen LogP contribution in [0.3, 0.4) is 0 Å². The van der Waals surface area contributed by atoms with Crippen LogP contribution in [0.15, 0.2) is 41.5 Å². The van der Waals surface area contributed by atoms with Gasteiger partial charge in [0.2, 0.25) is 5.95 Å². The van der Waals surface area contributed by atoms with E-state index in [4.69, 9.17) is 5.73 Å². The van der Waals surface area contributed by atoms with Gasteiger partial charge in [-0.25, -0.2) is 4.98 Å². The zero-order valence-corrected chi connectivity index (χ0v) is 12.0. The predicted octanol–water partition coefficient (Wildman–Crippen LogP) is 0.750.